The topological polar surface area (TPSA) is 37.8 Å². The molecule has 1 aromatic heterocycles. The molecule has 18 heavy (non-hydrogen) atoms. The molecular formula is C13H14IN3O. The highest BCUT2D eigenvalue weighted by atomic mass is 127. The van der Waals surface area contributed by atoms with Crippen LogP contribution in [0.2, 0.25) is 0 Å². The summed E-state index contributed by atoms with van der Waals surface area (Å²) in [6.07, 6.45) is 3.87. The van der Waals surface area contributed by atoms with E-state index in [0.717, 1.165) is 17.1 Å². The Bertz CT molecular complexity index is 509. The maximum atomic E-state index is 5.07. The third kappa shape index (κ3) is 4.06. The van der Waals surface area contributed by atoms with Crippen molar-refractivity contribution in [3.8, 4) is 5.75 Å². The van der Waals surface area contributed by atoms with Gasteiger partial charge in [-0.2, -0.15) is 10.2 Å². The van der Waals surface area contributed by atoms with E-state index in [2.05, 4.69) is 10.2 Å². The molecule has 0 atom stereocenters. The van der Waals surface area contributed by atoms with E-state index in [4.69, 9.17) is 4.74 Å². The van der Waals surface area contributed by atoms with Crippen molar-refractivity contribution < 1.29 is 33.3 Å². The molecule has 0 radical (unpaired) electrons. The van der Waals surface area contributed by atoms with Gasteiger partial charge in [-0.15, -0.1) is 0 Å². The van der Waals surface area contributed by atoms with Gasteiger partial charge in [0.25, 0.3) is 0 Å². The lowest BCUT2D eigenvalue weighted by atomic mass is 10.3. The van der Waals surface area contributed by atoms with Crippen LogP contribution in [0, 0.1) is 0 Å². The van der Waals surface area contributed by atoms with Gasteiger partial charge >= 0.3 is 0 Å². The van der Waals surface area contributed by atoms with E-state index in [0.29, 0.717) is 0 Å². The van der Waals surface area contributed by atoms with E-state index in [1.54, 1.807) is 7.11 Å². The summed E-state index contributed by atoms with van der Waals surface area (Å²) < 4.78 is 7.02. The molecule has 2 rings (SSSR count). The second kappa shape index (κ2) is 7.05. The summed E-state index contributed by atoms with van der Waals surface area (Å²) in [5, 5.41) is 8.29. The number of hydrogen-bond donors (Lipinski definition) is 0. The van der Waals surface area contributed by atoms with Crippen molar-refractivity contribution in [2.45, 2.75) is 0 Å². The molecule has 0 fully saturated rings. The van der Waals surface area contributed by atoms with Gasteiger partial charge in [-0.3, -0.25) is 0 Å². The summed E-state index contributed by atoms with van der Waals surface area (Å²) in [5.74, 6) is 0.815. The number of nitrogens with zero attached hydrogens (tertiary/aromatic N) is 3. The van der Waals surface area contributed by atoms with Gasteiger partial charge in [0.05, 0.1) is 18.5 Å². The Hall–Kier alpha value is -1.50. The summed E-state index contributed by atoms with van der Waals surface area (Å²) in [4.78, 5) is 0. The average Bonchev–Trinajstić information content (AvgIpc) is 2.39. The summed E-state index contributed by atoms with van der Waals surface area (Å²) in [5.41, 5.74) is 1.64. The van der Waals surface area contributed by atoms with Gasteiger partial charge in [0.1, 0.15) is 12.8 Å². The number of benzene rings is 1. The van der Waals surface area contributed by atoms with Crippen molar-refractivity contribution in [2.75, 3.05) is 7.11 Å². The molecule has 0 saturated heterocycles. The molecule has 0 unspecified atom stereocenters. The van der Waals surface area contributed by atoms with Crippen LogP contribution < -0.4 is 33.3 Å². The van der Waals surface area contributed by atoms with Crippen molar-refractivity contribution >= 4 is 11.4 Å². The number of azo groups is 1. The minimum Gasteiger partial charge on any atom is -1.00 e. The first-order valence-corrected chi connectivity index (χ1v) is 5.29. The summed E-state index contributed by atoms with van der Waals surface area (Å²) >= 11 is 0. The molecule has 0 spiro atoms. The van der Waals surface area contributed by atoms with Crippen molar-refractivity contribution in [3.05, 3.63) is 48.8 Å². The van der Waals surface area contributed by atoms with Crippen molar-refractivity contribution in [2.24, 2.45) is 17.3 Å². The van der Waals surface area contributed by atoms with Gasteiger partial charge in [0.2, 0.25) is 0 Å². The van der Waals surface area contributed by atoms with Crippen LogP contribution in [0.1, 0.15) is 0 Å². The highest BCUT2D eigenvalue weighted by Crippen LogP contribution is 2.20. The molecule has 1 aromatic carbocycles. The molecular weight excluding hydrogens is 341 g/mol. The summed E-state index contributed by atoms with van der Waals surface area (Å²) in [7, 11) is 3.60. The standard InChI is InChI=1S/C13H14N3O.HI/c1-16-9-7-12(8-10-16)15-14-11-3-5-13(17-2)6-4-11;/h3-10H,1-2H3;1H/q+1;/p-1. The third-order valence-corrected chi connectivity index (χ3v) is 2.31. The predicted octanol–water partition coefficient (Wildman–Crippen LogP) is -0.0609. The van der Waals surface area contributed by atoms with Crippen LogP contribution in [-0.4, -0.2) is 7.11 Å². The first-order chi connectivity index (χ1) is 8.28. The number of aryl methyl sites for hydroxylation is 1. The number of methoxy groups -OCH3 is 1. The first-order valence-electron chi connectivity index (χ1n) is 5.29. The molecule has 4 nitrogen and oxygen atoms in total. The largest absolute Gasteiger partial charge is 1.00 e. The van der Waals surface area contributed by atoms with Gasteiger partial charge in [-0.05, 0) is 24.3 Å². The first kappa shape index (κ1) is 14.6. The van der Waals surface area contributed by atoms with E-state index < -0.39 is 0 Å². The molecule has 1 heterocycles. The molecule has 5 heteroatoms. The van der Waals surface area contributed by atoms with Crippen molar-refractivity contribution in [1.82, 2.24) is 0 Å². The number of halogens is 1. The SMILES string of the molecule is COc1ccc(N=Nc2cc[n+](C)cc2)cc1.[I-]. The molecule has 94 valence electrons. The van der Waals surface area contributed by atoms with Crippen LogP contribution in [0.25, 0.3) is 0 Å². The van der Waals surface area contributed by atoms with Gasteiger partial charge in [0, 0.05) is 12.1 Å². The fourth-order valence-electron chi connectivity index (χ4n) is 1.32. The Morgan fingerprint density at radius 3 is 1.89 bits per heavy atom. The van der Waals surface area contributed by atoms with E-state index in [1.165, 1.54) is 0 Å². The maximum absolute atomic E-state index is 5.07. The Kier molecular flexibility index (Phi) is 5.70. The zero-order chi connectivity index (χ0) is 12.1. The number of ether oxygens (including phenoxy) is 1. The van der Waals surface area contributed by atoms with Crippen LogP contribution in [0.5, 0.6) is 5.75 Å². The van der Waals surface area contributed by atoms with Crippen LogP contribution in [0.3, 0.4) is 0 Å². The second-order valence-corrected chi connectivity index (χ2v) is 3.62. The normalized spacial score (nSPS) is 10.1. The van der Waals surface area contributed by atoms with Crippen LogP contribution in [0.15, 0.2) is 59.0 Å². The quantitative estimate of drug-likeness (QED) is 0.432. The van der Waals surface area contributed by atoms with E-state index in [9.17, 15) is 0 Å². The maximum Gasteiger partial charge on any atom is 0.170 e. The molecule has 0 aliphatic rings. The number of aromatic nitrogens is 1. The third-order valence-electron chi connectivity index (χ3n) is 2.31. The second-order valence-electron chi connectivity index (χ2n) is 3.62. The zero-order valence-electron chi connectivity index (χ0n) is 10.2. The summed E-state index contributed by atoms with van der Waals surface area (Å²) in [6.45, 7) is 0. The lowest BCUT2D eigenvalue weighted by Gasteiger charge is -1.98. The van der Waals surface area contributed by atoms with Crippen LogP contribution in [0.4, 0.5) is 11.4 Å². The fraction of sp³-hybridized carbons (Fsp3) is 0.154. The molecule has 0 N–H and O–H groups in total. The van der Waals surface area contributed by atoms with Crippen molar-refractivity contribution in [1.29, 1.82) is 0 Å². The molecule has 0 saturated carbocycles. The van der Waals surface area contributed by atoms with Gasteiger partial charge in [0.15, 0.2) is 12.4 Å². The van der Waals surface area contributed by atoms with Crippen LogP contribution >= 0.6 is 0 Å². The number of rotatable bonds is 3. The van der Waals surface area contributed by atoms with Crippen molar-refractivity contribution in [3.63, 3.8) is 0 Å². The molecule has 2 aromatic rings. The highest BCUT2D eigenvalue weighted by Gasteiger charge is 1.94. The van der Waals surface area contributed by atoms with E-state index in [-0.39, 0.29) is 24.0 Å². The molecule has 0 bridgehead atoms. The minimum absolute atomic E-state index is 0. The predicted molar refractivity (Wildman–Crippen MR) is 64.8 cm³/mol. The Morgan fingerprint density at radius 2 is 1.39 bits per heavy atom. The van der Waals surface area contributed by atoms with Gasteiger partial charge < -0.3 is 28.7 Å². The minimum atomic E-state index is 0. The van der Waals surface area contributed by atoms with E-state index in [1.807, 2.05) is 60.4 Å². The Balaban J connectivity index is 0.00000162. The lowest BCUT2D eigenvalue weighted by Crippen LogP contribution is -3.00. The average molecular weight is 355 g/mol. The Morgan fingerprint density at radius 1 is 0.889 bits per heavy atom. The number of hydrogen-bond acceptors (Lipinski definition) is 3. The smallest absolute Gasteiger partial charge is 0.170 e. The monoisotopic (exact) mass is 355 g/mol. The van der Waals surface area contributed by atoms with E-state index >= 15 is 0 Å². The van der Waals surface area contributed by atoms with Gasteiger partial charge in [-0.1, -0.05) is 0 Å². The van der Waals surface area contributed by atoms with Crippen LogP contribution in [-0.2, 0) is 7.05 Å². The summed E-state index contributed by atoms with van der Waals surface area (Å²) in [6, 6.07) is 11.3. The zero-order valence-corrected chi connectivity index (χ0v) is 12.4. The Labute approximate surface area is 123 Å². The van der Waals surface area contributed by atoms with Gasteiger partial charge in [-0.25, -0.2) is 4.57 Å². The molecule has 0 aliphatic heterocycles. The molecule has 0 aliphatic carbocycles. The lowest BCUT2D eigenvalue weighted by molar-refractivity contribution is -0.671. The molecule has 0 amide bonds. The fourth-order valence-corrected chi connectivity index (χ4v) is 1.32. The number of pyridine rings is 1. The highest BCUT2D eigenvalue weighted by molar-refractivity contribution is 5.41.